The van der Waals surface area contributed by atoms with Crippen molar-refractivity contribution in [1.29, 1.82) is 0 Å². The van der Waals surface area contributed by atoms with E-state index in [1.54, 1.807) is 15.9 Å². The number of H-pyrrole nitrogens is 1. The highest BCUT2D eigenvalue weighted by molar-refractivity contribution is 7.71. The summed E-state index contributed by atoms with van der Waals surface area (Å²) < 4.78 is 13.3. The lowest BCUT2D eigenvalue weighted by atomic mass is 9.94. The molecule has 0 saturated carbocycles. The first kappa shape index (κ1) is 17.5. The van der Waals surface area contributed by atoms with Gasteiger partial charge in [0.1, 0.15) is 10.6 Å². The maximum atomic E-state index is 13.3. The molecule has 1 aliphatic heterocycles. The lowest BCUT2D eigenvalue weighted by Crippen LogP contribution is -2.32. The van der Waals surface area contributed by atoms with Crippen LogP contribution >= 0.6 is 23.6 Å². The predicted molar refractivity (Wildman–Crippen MR) is 106 cm³/mol. The van der Waals surface area contributed by atoms with Crippen molar-refractivity contribution in [2.24, 2.45) is 0 Å². The lowest BCUT2D eigenvalue weighted by Gasteiger charge is -2.29. The van der Waals surface area contributed by atoms with Gasteiger partial charge < -0.3 is 14.5 Å². The SMILES string of the molecule is CCOc1ccc(-n2c(=S)[nH]c3sc4c(c3c2=O)CC(C)(C)OC4)cc1. The zero-order valence-corrected chi connectivity index (χ0v) is 16.6. The van der Waals surface area contributed by atoms with Gasteiger partial charge in [0, 0.05) is 11.3 Å². The largest absolute Gasteiger partial charge is 0.494 e. The van der Waals surface area contributed by atoms with E-state index in [-0.39, 0.29) is 11.2 Å². The van der Waals surface area contributed by atoms with Crippen LogP contribution in [-0.4, -0.2) is 21.8 Å². The standard InChI is InChI=1S/C19H20N2O3S2/c1-4-23-12-7-5-11(6-8-12)21-17(22)15-13-9-19(2,3)24-10-14(13)26-16(15)20-18(21)25/h5-8H,4,9-10H2,1-3H3,(H,20,25). The molecule has 7 heteroatoms. The minimum absolute atomic E-state index is 0.0805. The van der Waals surface area contributed by atoms with E-state index in [2.05, 4.69) is 18.8 Å². The summed E-state index contributed by atoms with van der Waals surface area (Å²) in [6, 6.07) is 7.41. The van der Waals surface area contributed by atoms with E-state index in [0.717, 1.165) is 32.1 Å². The fourth-order valence-electron chi connectivity index (χ4n) is 3.32. The van der Waals surface area contributed by atoms with Crippen molar-refractivity contribution >= 4 is 33.8 Å². The predicted octanol–water partition coefficient (Wildman–Crippen LogP) is 4.36. The van der Waals surface area contributed by atoms with Crippen LogP contribution in [0.5, 0.6) is 5.75 Å². The van der Waals surface area contributed by atoms with Crippen molar-refractivity contribution in [3.63, 3.8) is 0 Å². The summed E-state index contributed by atoms with van der Waals surface area (Å²) >= 11 is 7.03. The van der Waals surface area contributed by atoms with Crippen LogP contribution in [0, 0.1) is 4.77 Å². The Morgan fingerprint density at radius 2 is 2.08 bits per heavy atom. The normalized spacial score (nSPS) is 15.8. The topological polar surface area (TPSA) is 56.2 Å². The van der Waals surface area contributed by atoms with Crippen LogP contribution in [0.1, 0.15) is 31.2 Å². The van der Waals surface area contributed by atoms with Gasteiger partial charge in [-0.3, -0.25) is 9.36 Å². The number of ether oxygens (including phenoxy) is 2. The van der Waals surface area contributed by atoms with Gasteiger partial charge in [0.15, 0.2) is 4.77 Å². The van der Waals surface area contributed by atoms with E-state index in [0.29, 0.717) is 24.4 Å². The Balaban J connectivity index is 1.91. The van der Waals surface area contributed by atoms with E-state index < -0.39 is 0 Å². The zero-order valence-electron chi connectivity index (χ0n) is 14.9. The van der Waals surface area contributed by atoms with E-state index in [9.17, 15) is 4.79 Å². The van der Waals surface area contributed by atoms with Gasteiger partial charge in [-0.2, -0.15) is 0 Å². The van der Waals surface area contributed by atoms with Crippen molar-refractivity contribution < 1.29 is 9.47 Å². The molecular weight excluding hydrogens is 368 g/mol. The van der Waals surface area contributed by atoms with E-state index in [1.807, 2.05) is 31.2 Å². The molecule has 0 fully saturated rings. The summed E-state index contributed by atoms with van der Waals surface area (Å²) in [6.07, 6.45) is 0.714. The minimum Gasteiger partial charge on any atom is -0.494 e. The summed E-state index contributed by atoms with van der Waals surface area (Å²) in [7, 11) is 0. The number of thiophene rings is 1. The number of aromatic amines is 1. The Morgan fingerprint density at radius 3 is 2.77 bits per heavy atom. The Hall–Kier alpha value is -1.96. The maximum absolute atomic E-state index is 13.3. The average molecular weight is 389 g/mol. The number of hydrogen-bond donors (Lipinski definition) is 1. The summed E-state index contributed by atoms with van der Waals surface area (Å²) in [4.78, 5) is 18.5. The van der Waals surface area contributed by atoms with E-state index in [1.165, 1.54) is 0 Å². The maximum Gasteiger partial charge on any atom is 0.267 e. The highest BCUT2D eigenvalue weighted by Crippen LogP contribution is 2.36. The van der Waals surface area contributed by atoms with Gasteiger partial charge in [-0.05, 0) is 62.8 Å². The molecule has 0 radical (unpaired) electrons. The first-order valence-corrected chi connectivity index (χ1v) is 9.79. The van der Waals surface area contributed by atoms with Gasteiger partial charge in [-0.15, -0.1) is 11.3 Å². The van der Waals surface area contributed by atoms with Crippen LogP contribution in [0.3, 0.4) is 0 Å². The first-order chi connectivity index (χ1) is 12.4. The van der Waals surface area contributed by atoms with Crippen LogP contribution in [0.15, 0.2) is 29.1 Å². The molecule has 0 amide bonds. The molecule has 1 N–H and O–H groups in total. The fourth-order valence-corrected chi connectivity index (χ4v) is 4.79. The third kappa shape index (κ3) is 2.90. The van der Waals surface area contributed by atoms with Gasteiger partial charge in [-0.1, -0.05) is 0 Å². The Kier molecular flexibility index (Phi) is 4.25. The lowest BCUT2D eigenvalue weighted by molar-refractivity contribution is -0.0379. The zero-order chi connectivity index (χ0) is 18.5. The molecular formula is C19H20N2O3S2. The third-order valence-electron chi connectivity index (χ3n) is 4.53. The number of nitrogens with zero attached hydrogens (tertiary/aromatic N) is 1. The fraction of sp³-hybridized carbons (Fsp3) is 0.368. The second kappa shape index (κ2) is 6.33. The van der Waals surface area contributed by atoms with Crippen LogP contribution in [0.25, 0.3) is 15.9 Å². The summed E-state index contributed by atoms with van der Waals surface area (Å²) in [5, 5.41) is 0.726. The minimum atomic E-state index is -0.274. The van der Waals surface area contributed by atoms with Crippen LogP contribution in [-0.2, 0) is 17.8 Å². The van der Waals surface area contributed by atoms with Gasteiger partial charge in [0.25, 0.3) is 5.56 Å². The quantitative estimate of drug-likeness (QED) is 0.678. The number of nitrogens with one attached hydrogen (secondary N) is 1. The molecule has 0 spiro atoms. The highest BCUT2D eigenvalue weighted by Gasteiger charge is 2.30. The number of benzene rings is 1. The van der Waals surface area contributed by atoms with E-state index >= 15 is 0 Å². The Bertz CT molecular complexity index is 1090. The summed E-state index contributed by atoms with van der Waals surface area (Å²) in [5.41, 5.74) is 1.46. The summed E-state index contributed by atoms with van der Waals surface area (Å²) in [5.74, 6) is 0.770. The molecule has 4 rings (SSSR count). The molecule has 3 heterocycles. The van der Waals surface area contributed by atoms with Gasteiger partial charge in [-0.25, -0.2) is 0 Å². The molecule has 0 bridgehead atoms. The number of aromatic nitrogens is 2. The first-order valence-electron chi connectivity index (χ1n) is 8.56. The Morgan fingerprint density at radius 1 is 1.35 bits per heavy atom. The molecule has 0 aliphatic carbocycles. The second-order valence-electron chi connectivity index (χ2n) is 6.93. The van der Waals surface area contributed by atoms with Gasteiger partial charge in [0.05, 0.1) is 29.9 Å². The monoisotopic (exact) mass is 388 g/mol. The molecule has 5 nitrogen and oxygen atoms in total. The van der Waals surface area contributed by atoms with Crippen molar-refractivity contribution in [3.05, 3.63) is 49.8 Å². The number of hydrogen-bond acceptors (Lipinski definition) is 5. The Labute approximate surface area is 160 Å². The van der Waals surface area contributed by atoms with Crippen molar-refractivity contribution in [1.82, 2.24) is 9.55 Å². The van der Waals surface area contributed by atoms with Crippen LogP contribution < -0.4 is 10.3 Å². The molecule has 0 unspecified atom stereocenters. The molecule has 26 heavy (non-hydrogen) atoms. The van der Waals surface area contributed by atoms with Crippen LogP contribution in [0.4, 0.5) is 0 Å². The molecule has 1 aliphatic rings. The molecule has 0 saturated heterocycles. The van der Waals surface area contributed by atoms with Crippen molar-refractivity contribution in [2.45, 2.75) is 39.4 Å². The van der Waals surface area contributed by atoms with Crippen molar-refractivity contribution in [3.8, 4) is 11.4 Å². The summed E-state index contributed by atoms with van der Waals surface area (Å²) in [6.45, 7) is 7.17. The van der Waals surface area contributed by atoms with Crippen LogP contribution in [0.2, 0.25) is 0 Å². The molecule has 0 atom stereocenters. The van der Waals surface area contributed by atoms with E-state index in [4.69, 9.17) is 21.7 Å². The third-order valence-corrected chi connectivity index (χ3v) is 5.94. The van der Waals surface area contributed by atoms with Gasteiger partial charge in [0.2, 0.25) is 0 Å². The smallest absolute Gasteiger partial charge is 0.267 e. The molecule has 136 valence electrons. The molecule has 1 aromatic carbocycles. The van der Waals surface area contributed by atoms with Crippen molar-refractivity contribution in [2.75, 3.05) is 6.61 Å². The van der Waals surface area contributed by atoms with Gasteiger partial charge >= 0.3 is 0 Å². The molecule has 3 aromatic rings. The molecule has 2 aromatic heterocycles. The second-order valence-corrected chi connectivity index (χ2v) is 8.42. The number of fused-ring (bicyclic) bond motifs is 3. The number of rotatable bonds is 3. The average Bonchev–Trinajstić information content (AvgIpc) is 2.93. The highest BCUT2D eigenvalue weighted by atomic mass is 32.1.